The van der Waals surface area contributed by atoms with Gasteiger partial charge in [0.25, 0.3) is 0 Å². The van der Waals surface area contributed by atoms with E-state index in [1.165, 1.54) is 0 Å². The second-order valence-electron chi connectivity index (χ2n) is 5.33. The standard InChI is InChI=1S/C17H20N4OS/c1-3-12(18)8-19-16-15-14(9-23-17(15)21-10-20-16)11-4-6-13(22-2)7-5-11/h4-7,9-10,12H,3,8,18H2,1-2H3,(H,19,20,21)/t12-/m1/s1. The monoisotopic (exact) mass is 328 g/mol. The Morgan fingerprint density at radius 2 is 2.04 bits per heavy atom. The fourth-order valence-electron chi connectivity index (χ4n) is 2.36. The Balaban J connectivity index is 2.00. The molecule has 0 spiro atoms. The van der Waals surface area contributed by atoms with E-state index in [9.17, 15) is 0 Å². The number of anilines is 1. The molecule has 6 heteroatoms. The molecule has 2 heterocycles. The number of hydrogen-bond donors (Lipinski definition) is 2. The predicted molar refractivity (Wildman–Crippen MR) is 96.2 cm³/mol. The van der Waals surface area contributed by atoms with Crippen molar-refractivity contribution < 1.29 is 4.74 Å². The van der Waals surface area contributed by atoms with Crippen LogP contribution in [-0.4, -0.2) is 29.7 Å². The third-order valence-electron chi connectivity index (χ3n) is 3.83. The molecule has 1 atom stereocenters. The van der Waals surface area contributed by atoms with Crippen molar-refractivity contribution in [2.45, 2.75) is 19.4 Å². The summed E-state index contributed by atoms with van der Waals surface area (Å²) in [5.41, 5.74) is 8.25. The molecule has 0 aliphatic heterocycles. The maximum atomic E-state index is 6.00. The van der Waals surface area contributed by atoms with Crippen LogP contribution >= 0.6 is 11.3 Å². The normalized spacial score (nSPS) is 12.3. The number of methoxy groups -OCH3 is 1. The smallest absolute Gasteiger partial charge is 0.138 e. The Morgan fingerprint density at radius 1 is 1.26 bits per heavy atom. The number of benzene rings is 1. The van der Waals surface area contributed by atoms with Gasteiger partial charge in [0.05, 0.1) is 12.5 Å². The zero-order valence-electron chi connectivity index (χ0n) is 13.2. The zero-order valence-corrected chi connectivity index (χ0v) is 14.1. The number of nitrogens with zero attached hydrogens (tertiary/aromatic N) is 2. The minimum Gasteiger partial charge on any atom is -0.497 e. The highest BCUT2D eigenvalue weighted by molar-refractivity contribution is 7.17. The van der Waals surface area contributed by atoms with E-state index in [0.717, 1.165) is 39.3 Å². The summed E-state index contributed by atoms with van der Waals surface area (Å²) < 4.78 is 5.23. The molecule has 0 aliphatic carbocycles. The lowest BCUT2D eigenvalue weighted by Crippen LogP contribution is -2.28. The van der Waals surface area contributed by atoms with Gasteiger partial charge < -0.3 is 15.8 Å². The molecule has 0 radical (unpaired) electrons. The van der Waals surface area contributed by atoms with Crippen LogP contribution in [0.25, 0.3) is 21.3 Å². The van der Waals surface area contributed by atoms with Crippen molar-refractivity contribution in [2.24, 2.45) is 5.73 Å². The molecule has 3 rings (SSSR count). The van der Waals surface area contributed by atoms with Crippen LogP contribution in [0.5, 0.6) is 5.75 Å². The predicted octanol–water partition coefficient (Wildman–Crippen LogP) is 3.52. The molecule has 3 aromatic rings. The SMILES string of the molecule is CC[C@@H](N)CNc1ncnc2scc(-c3ccc(OC)cc3)c12. The van der Waals surface area contributed by atoms with Gasteiger partial charge in [0.2, 0.25) is 0 Å². The van der Waals surface area contributed by atoms with Crippen LogP contribution in [0.1, 0.15) is 13.3 Å². The number of rotatable bonds is 6. The van der Waals surface area contributed by atoms with E-state index < -0.39 is 0 Å². The Morgan fingerprint density at radius 3 is 2.74 bits per heavy atom. The average Bonchev–Trinajstić information content (AvgIpc) is 3.04. The highest BCUT2D eigenvalue weighted by Crippen LogP contribution is 2.36. The molecular weight excluding hydrogens is 308 g/mol. The van der Waals surface area contributed by atoms with Crippen LogP contribution in [0.2, 0.25) is 0 Å². The second kappa shape index (κ2) is 6.93. The van der Waals surface area contributed by atoms with E-state index in [0.29, 0.717) is 6.54 Å². The minimum absolute atomic E-state index is 0.114. The van der Waals surface area contributed by atoms with Crippen LogP contribution < -0.4 is 15.8 Å². The van der Waals surface area contributed by atoms with Gasteiger partial charge in [0.1, 0.15) is 22.7 Å². The molecule has 0 bridgehead atoms. The topological polar surface area (TPSA) is 73.1 Å². The van der Waals surface area contributed by atoms with Gasteiger partial charge in [-0.25, -0.2) is 9.97 Å². The van der Waals surface area contributed by atoms with Gasteiger partial charge in [-0.05, 0) is 24.1 Å². The van der Waals surface area contributed by atoms with Gasteiger partial charge >= 0.3 is 0 Å². The number of aromatic nitrogens is 2. The van der Waals surface area contributed by atoms with E-state index in [1.807, 2.05) is 12.1 Å². The third kappa shape index (κ3) is 3.28. The summed E-state index contributed by atoms with van der Waals surface area (Å²) in [6.07, 6.45) is 2.52. The van der Waals surface area contributed by atoms with Gasteiger partial charge in [-0.1, -0.05) is 19.1 Å². The van der Waals surface area contributed by atoms with E-state index >= 15 is 0 Å². The molecule has 0 aliphatic rings. The van der Waals surface area contributed by atoms with Gasteiger partial charge in [-0.3, -0.25) is 0 Å². The molecule has 0 unspecified atom stereocenters. The molecular formula is C17H20N4OS. The first-order chi connectivity index (χ1) is 11.2. The zero-order chi connectivity index (χ0) is 16.2. The molecule has 2 aromatic heterocycles. The lowest BCUT2D eigenvalue weighted by Gasteiger charge is -2.12. The summed E-state index contributed by atoms with van der Waals surface area (Å²) in [5.74, 6) is 1.68. The molecule has 3 N–H and O–H groups in total. The summed E-state index contributed by atoms with van der Waals surface area (Å²) in [4.78, 5) is 9.76. The number of nitrogens with two attached hydrogens (primary N) is 1. The fraction of sp³-hybridized carbons (Fsp3) is 0.294. The Hall–Kier alpha value is -2.18. The van der Waals surface area contributed by atoms with Crippen molar-refractivity contribution in [3.05, 3.63) is 36.0 Å². The summed E-state index contributed by atoms with van der Waals surface area (Å²) >= 11 is 1.62. The first-order valence-corrected chi connectivity index (χ1v) is 8.47. The highest BCUT2D eigenvalue weighted by Gasteiger charge is 2.13. The maximum Gasteiger partial charge on any atom is 0.138 e. The molecule has 0 fully saturated rings. The number of nitrogens with one attached hydrogen (secondary N) is 1. The van der Waals surface area contributed by atoms with E-state index in [1.54, 1.807) is 24.8 Å². The summed E-state index contributed by atoms with van der Waals surface area (Å²) in [6.45, 7) is 2.77. The summed E-state index contributed by atoms with van der Waals surface area (Å²) in [5, 5.41) is 6.53. The fourth-order valence-corrected chi connectivity index (χ4v) is 3.28. The Bertz CT molecular complexity index is 785. The third-order valence-corrected chi connectivity index (χ3v) is 4.71. The van der Waals surface area contributed by atoms with E-state index in [4.69, 9.17) is 10.5 Å². The average molecular weight is 328 g/mol. The van der Waals surface area contributed by atoms with E-state index in [2.05, 4.69) is 39.7 Å². The van der Waals surface area contributed by atoms with Crippen LogP contribution in [0, 0.1) is 0 Å². The van der Waals surface area contributed by atoms with Crippen LogP contribution in [0.3, 0.4) is 0 Å². The van der Waals surface area contributed by atoms with Gasteiger partial charge in [-0.15, -0.1) is 11.3 Å². The maximum absolute atomic E-state index is 6.00. The minimum atomic E-state index is 0.114. The number of fused-ring (bicyclic) bond motifs is 1. The molecule has 0 saturated heterocycles. The van der Waals surface area contributed by atoms with Crippen molar-refractivity contribution in [3.63, 3.8) is 0 Å². The first kappa shape index (κ1) is 15.7. The Labute approximate surface area is 139 Å². The number of ether oxygens (including phenoxy) is 1. The lowest BCUT2D eigenvalue weighted by molar-refractivity contribution is 0.415. The Kier molecular flexibility index (Phi) is 4.73. The number of thiophene rings is 1. The quantitative estimate of drug-likeness (QED) is 0.724. The van der Waals surface area contributed by atoms with Crippen molar-refractivity contribution in [1.82, 2.24) is 9.97 Å². The molecule has 120 valence electrons. The molecule has 23 heavy (non-hydrogen) atoms. The lowest BCUT2D eigenvalue weighted by atomic mass is 10.1. The van der Waals surface area contributed by atoms with Gasteiger partial charge in [0.15, 0.2) is 0 Å². The van der Waals surface area contributed by atoms with Crippen molar-refractivity contribution in [3.8, 4) is 16.9 Å². The molecule has 0 amide bonds. The first-order valence-electron chi connectivity index (χ1n) is 7.59. The van der Waals surface area contributed by atoms with Crippen molar-refractivity contribution >= 4 is 27.4 Å². The second-order valence-corrected chi connectivity index (χ2v) is 6.19. The largest absolute Gasteiger partial charge is 0.497 e. The van der Waals surface area contributed by atoms with E-state index in [-0.39, 0.29) is 6.04 Å². The summed E-state index contributed by atoms with van der Waals surface area (Å²) in [6, 6.07) is 8.14. The van der Waals surface area contributed by atoms with Crippen molar-refractivity contribution in [2.75, 3.05) is 19.0 Å². The number of hydrogen-bond acceptors (Lipinski definition) is 6. The van der Waals surface area contributed by atoms with Crippen LogP contribution in [0.15, 0.2) is 36.0 Å². The van der Waals surface area contributed by atoms with Gasteiger partial charge in [-0.2, -0.15) is 0 Å². The molecule has 1 aromatic carbocycles. The van der Waals surface area contributed by atoms with Gasteiger partial charge in [0, 0.05) is 23.5 Å². The highest BCUT2D eigenvalue weighted by atomic mass is 32.1. The molecule has 0 saturated carbocycles. The van der Waals surface area contributed by atoms with Crippen LogP contribution in [-0.2, 0) is 0 Å². The molecule has 5 nitrogen and oxygen atoms in total. The van der Waals surface area contributed by atoms with Crippen LogP contribution in [0.4, 0.5) is 5.82 Å². The van der Waals surface area contributed by atoms with Crippen molar-refractivity contribution in [1.29, 1.82) is 0 Å². The summed E-state index contributed by atoms with van der Waals surface area (Å²) in [7, 11) is 1.67.